The summed E-state index contributed by atoms with van der Waals surface area (Å²) in [7, 11) is 0. The summed E-state index contributed by atoms with van der Waals surface area (Å²) in [5.74, 6) is -1.33. The summed E-state index contributed by atoms with van der Waals surface area (Å²) in [5.41, 5.74) is 5.04. The number of anilines is 1. The van der Waals surface area contributed by atoms with Gasteiger partial charge in [-0.05, 0) is 24.8 Å². The van der Waals surface area contributed by atoms with E-state index in [2.05, 4.69) is 4.98 Å². The number of hydrogen-bond acceptors (Lipinski definition) is 4. The average molecular weight is 302 g/mol. The fraction of sp³-hybridized carbons (Fsp3) is 0.333. The molecule has 8 heteroatoms. The van der Waals surface area contributed by atoms with Gasteiger partial charge in [0.15, 0.2) is 0 Å². The van der Waals surface area contributed by atoms with E-state index in [4.69, 9.17) is 10.8 Å². The van der Waals surface area contributed by atoms with E-state index in [1.54, 1.807) is 0 Å². The number of thiophene rings is 1. The summed E-state index contributed by atoms with van der Waals surface area (Å²) in [4.78, 5) is 15.0. The van der Waals surface area contributed by atoms with Crippen LogP contribution in [-0.4, -0.2) is 16.1 Å². The van der Waals surface area contributed by atoms with Crippen molar-refractivity contribution in [1.82, 2.24) is 4.98 Å². The molecule has 0 unspecified atom stereocenters. The Labute approximate surface area is 115 Å². The summed E-state index contributed by atoms with van der Waals surface area (Å²) in [5, 5.41) is 8.73. The first-order chi connectivity index (χ1) is 9.30. The normalized spacial score (nSPS) is 14.8. The van der Waals surface area contributed by atoms with Crippen molar-refractivity contribution in [3.63, 3.8) is 0 Å². The smallest absolute Gasteiger partial charge is 0.417 e. The van der Waals surface area contributed by atoms with E-state index in [0.29, 0.717) is 36.3 Å². The number of nitrogens with zero attached hydrogens (tertiary/aromatic N) is 1. The van der Waals surface area contributed by atoms with Gasteiger partial charge in [0.25, 0.3) is 0 Å². The Morgan fingerprint density at radius 2 is 2.05 bits per heavy atom. The van der Waals surface area contributed by atoms with Crippen molar-refractivity contribution < 1.29 is 23.1 Å². The lowest BCUT2D eigenvalue weighted by molar-refractivity contribution is -0.136. The van der Waals surface area contributed by atoms with Gasteiger partial charge in [0, 0.05) is 11.1 Å². The number of nitrogens with two attached hydrogens (primary N) is 1. The number of carboxylic acids is 1. The lowest BCUT2D eigenvalue weighted by atomic mass is 10.0. The van der Waals surface area contributed by atoms with Crippen LogP contribution in [0.1, 0.15) is 32.9 Å². The van der Waals surface area contributed by atoms with E-state index in [1.807, 2.05) is 0 Å². The molecule has 2 aromatic heterocycles. The molecule has 106 valence electrons. The highest BCUT2D eigenvalue weighted by Gasteiger charge is 2.40. The molecule has 1 aliphatic carbocycles. The summed E-state index contributed by atoms with van der Waals surface area (Å²) in [6.45, 7) is 0. The van der Waals surface area contributed by atoms with Crippen LogP contribution in [0.3, 0.4) is 0 Å². The highest BCUT2D eigenvalue weighted by molar-refractivity contribution is 7.21. The second kappa shape index (κ2) is 4.08. The summed E-state index contributed by atoms with van der Waals surface area (Å²) in [6, 6.07) is 0. The predicted octanol–water partition coefficient (Wildman–Crippen LogP) is 3.08. The molecular formula is C12H9F3N2O2S. The molecule has 0 spiro atoms. The topological polar surface area (TPSA) is 76.2 Å². The van der Waals surface area contributed by atoms with Crippen molar-refractivity contribution in [2.24, 2.45) is 0 Å². The molecule has 3 rings (SSSR count). The van der Waals surface area contributed by atoms with E-state index in [-0.39, 0.29) is 26.3 Å². The molecule has 0 radical (unpaired) electrons. The predicted molar refractivity (Wildman–Crippen MR) is 68.0 cm³/mol. The Balaban J connectivity index is 2.46. The lowest BCUT2D eigenvalue weighted by Gasteiger charge is -2.13. The van der Waals surface area contributed by atoms with Gasteiger partial charge in [0.05, 0.1) is 11.3 Å². The Kier molecular flexibility index (Phi) is 2.69. The number of pyridine rings is 1. The number of fused-ring (bicyclic) bond motifs is 2. The van der Waals surface area contributed by atoms with Gasteiger partial charge >= 0.3 is 12.1 Å². The zero-order chi connectivity index (χ0) is 14.7. The molecule has 0 saturated carbocycles. The first-order valence-electron chi connectivity index (χ1n) is 5.85. The molecule has 20 heavy (non-hydrogen) atoms. The Hall–Kier alpha value is -1.83. The average Bonchev–Trinajstić information content (AvgIpc) is 2.90. The van der Waals surface area contributed by atoms with Crippen LogP contribution in [0.15, 0.2) is 0 Å². The zero-order valence-corrected chi connectivity index (χ0v) is 10.9. The second-order valence-corrected chi connectivity index (χ2v) is 5.59. The van der Waals surface area contributed by atoms with Crippen LogP contribution in [0.25, 0.3) is 10.2 Å². The van der Waals surface area contributed by atoms with Crippen LogP contribution in [0.5, 0.6) is 0 Å². The molecule has 3 N–H and O–H groups in total. The van der Waals surface area contributed by atoms with Gasteiger partial charge in [-0.3, -0.25) is 0 Å². The maximum Gasteiger partial charge on any atom is 0.417 e. The van der Waals surface area contributed by atoms with Crippen molar-refractivity contribution in [2.75, 3.05) is 5.73 Å². The molecule has 2 heterocycles. The monoisotopic (exact) mass is 302 g/mol. The summed E-state index contributed by atoms with van der Waals surface area (Å²) >= 11 is 0.693. The maximum absolute atomic E-state index is 13.3. The molecule has 0 fully saturated rings. The largest absolute Gasteiger partial charge is 0.477 e. The highest BCUT2D eigenvalue weighted by Crippen LogP contribution is 2.46. The van der Waals surface area contributed by atoms with Crippen molar-refractivity contribution in [3.8, 4) is 0 Å². The Morgan fingerprint density at radius 1 is 1.35 bits per heavy atom. The minimum atomic E-state index is -4.57. The van der Waals surface area contributed by atoms with Gasteiger partial charge in [0.1, 0.15) is 9.71 Å². The molecular weight excluding hydrogens is 293 g/mol. The molecule has 4 nitrogen and oxygen atoms in total. The SMILES string of the molecule is Nc1c(C(=O)O)sc2nc3c(c(C(F)(F)F)c12)CCC3. The molecule has 0 amide bonds. The van der Waals surface area contributed by atoms with Gasteiger partial charge in [-0.25, -0.2) is 9.78 Å². The van der Waals surface area contributed by atoms with E-state index < -0.39 is 17.7 Å². The van der Waals surface area contributed by atoms with E-state index in [9.17, 15) is 18.0 Å². The minimum absolute atomic E-state index is 0.0490. The van der Waals surface area contributed by atoms with Gasteiger partial charge in [-0.1, -0.05) is 0 Å². The Bertz CT molecular complexity index is 737. The first kappa shape index (κ1) is 13.2. The third kappa shape index (κ3) is 1.75. The number of hydrogen-bond donors (Lipinski definition) is 2. The first-order valence-corrected chi connectivity index (χ1v) is 6.66. The number of halogens is 3. The van der Waals surface area contributed by atoms with Crippen molar-refractivity contribution in [3.05, 3.63) is 21.7 Å². The number of carbonyl (C=O) groups is 1. The van der Waals surface area contributed by atoms with Gasteiger partial charge in [0.2, 0.25) is 0 Å². The Morgan fingerprint density at radius 3 is 2.65 bits per heavy atom. The van der Waals surface area contributed by atoms with Crippen LogP contribution in [0.4, 0.5) is 18.9 Å². The number of aryl methyl sites for hydroxylation is 1. The molecule has 0 aromatic carbocycles. The maximum atomic E-state index is 13.3. The number of nitrogen functional groups attached to an aromatic ring is 1. The fourth-order valence-electron chi connectivity index (χ4n) is 2.62. The number of aromatic nitrogens is 1. The van der Waals surface area contributed by atoms with Gasteiger partial charge in [-0.2, -0.15) is 13.2 Å². The molecule has 1 aliphatic rings. The van der Waals surface area contributed by atoms with Crippen molar-refractivity contribution in [2.45, 2.75) is 25.4 Å². The quantitative estimate of drug-likeness (QED) is 0.848. The van der Waals surface area contributed by atoms with Crippen LogP contribution in [-0.2, 0) is 19.0 Å². The zero-order valence-electron chi connectivity index (χ0n) is 10.0. The van der Waals surface area contributed by atoms with Crippen LogP contribution in [0.2, 0.25) is 0 Å². The highest BCUT2D eigenvalue weighted by atomic mass is 32.1. The number of alkyl halides is 3. The van der Waals surface area contributed by atoms with Crippen molar-refractivity contribution >= 4 is 33.2 Å². The molecule has 2 aromatic rings. The second-order valence-electron chi connectivity index (χ2n) is 4.59. The van der Waals surface area contributed by atoms with Gasteiger partial charge in [-0.15, -0.1) is 11.3 Å². The van der Waals surface area contributed by atoms with E-state index >= 15 is 0 Å². The summed E-state index contributed by atoms with van der Waals surface area (Å²) < 4.78 is 40.0. The third-order valence-electron chi connectivity index (χ3n) is 3.38. The molecule has 0 bridgehead atoms. The molecule has 0 saturated heterocycles. The number of carboxylic acid groups (broad SMARTS) is 1. The third-order valence-corrected chi connectivity index (χ3v) is 4.47. The van der Waals surface area contributed by atoms with E-state index in [0.717, 1.165) is 0 Å². The molecule has 0 aliphatic heterocycles. The summed E-state index contributed by atoms with van der Waals surface area (Å²) in [6.07, 6.45) is -3.17. The lowest BCUT2D eigenvalue weighted by Crippen LogP contribution is -2.11. The van der Waals surface area contributed by atoms with Crippen LogP contribution < -0.4 is 5.73 Å². The van der Waals surface area contributed by atoms with Crippen LogP contribution in [0, 0.1) is 0 Å². The fourth-order valence-corrected chi connectivity index (χ4v) is 3.58. The standard InChI is InChI=1S/C12H9F3N2O2S/c13-12(14,15)7-4-2-1-3-5(4)17-10-6(7)8(16)9(20-10)11(18)19/h1-3,16H2,(H,18,19). The number of aromatic carboxylic acids is 1. The van der Waals surface area contributed by atoms with Crippen LogP contribution >= 0.6 is 11.3 Å². The minimum Gasteiger partial charge on any atom is -0.477 e. The number of rotatable bonds is 1. The molecule has 0 atom stereocenters. The van der Waals surface area contributed by atoms with Gasteiger partial charge < -0.3 is 10.8 Å². The van der Waals surface area contributed by atoms with E-state index in [1.165, 1.54) is 0 Å². The van der Waals surface area contributed by atoms with Crippen molar-refractivity contribution in [1.29, 1.82) is 0 Å².